The Kier molecular flexibility index (Phi) is 7.22. The zero-order chi connectivity index (χ0) is 23.5. The van der Waals surface area contributed by atoms with Crippen molar-refractivity contribution in [2.24, 2.45) is 0 Å². The van der Waals surface area contributed by atoms with Crippen LogP contribution in [0.25, 0.3) is 15.9 Å². The number of thioether (sulfide) groups is 1. The molecule has 2 aromatic heterocycles. The molecule has 1 fully saturated rings. The minimum absolute atomic E-state index is 0.0585. The van der Waals surface area contributed by atoms with E-state index in [9.17, 15) is 9.59 Å². The van der Waals surface area contributed by atoms with Gasteiger partial charge in [0.2, 0.25) is 5.91 Å². The maximum Gasteiger partial charge on any atom is 0.267 e. The van der Waals surface area contributed by atoms with Gasteiger partial charge in [0.25, 0.3) is 5.56 Å². The number of aromatic nitrogens is 2. The number of nitrogens with zero attached hydrogens (tertiary/aromatic N) is 2. The molecule has 9 heteroatoms. The number of rotatable bonds is 7. The van der Waals surface area contributed by atoms with E-state index in [1.165, 1.54) is 28.6 Å². The first-order chi connectivity index (χ1) is 16.6. The summed E-state index contributed by atoms with van der Waals surface area (Å²) in [6.07, 6.45) is 7.49. The van der Waals surface area contributed by atoms with Crippen molar-refractivity contribution in [1.82, 2.24) is 14.9 Å². The van der Waals surface area contributed by atoms with Crippen LogP contribution in [0.15, 0.2) is 34.2 Å². The van der Waals surface area contributed by atoms with Crippen molar-refractivity contribution in [2.75, 3.05) is 26.0 Å². The van der Waals surface area contributed by atoms with E-state index in [-0.39, 0.29) is 23.3 Å². The lowest BCUT2D eigenvalue weighted by Crippen LogP contribution is -2.33. The van der Waals surface area contributed by atoms with E-state index in [2.05, 4.69) is 5.32 Å². The largest absolute Gasteiger partial charge is 0.497 e. The molecule has 3 aromatic rings. The Bertz CT molecular complexity index is 1230. The fourth-order valence-corrected chi connectivity index (χ4v) is 6.78. The topological polar surface area (TPSA) is 82.4 Å². The van der Waals surface area contributed by atoms with Gasteiger partial charge in [0, 0.05) is 18.0 Å². The van der Waals surface area contributed by atoms with Crippen LogP contribution in [-0.4, -0.2) is 47.6 Å². The molecule has 0 saturated carbocycles. The van der Waals surface area contributed by atoms with Crippen molar-refractivity contribution < 1.29 is 14.3 Å². The van der Waals surface area contributed by atoms with Gasteiger partial charge in [-0.15, -0.1) is 11.3 Å². The number of hydrogen-bond acceptors (Lipinski definition) is 7. The second-order valence-electron chi connectivity index (χ2n) is 8.71. The summed E-state index contributed by atoms with van der Waals surface area (Å²) in [5.74, 6) is 0.822. The van der Waals surface area contributed by atoms with E-state index in [1.807, 2.05) is 24.3 Å². The van der Waals surface area contributed by atoms with Crippen molar-refractivity contribution in [3.8, 4) is 11.4 Å². The molecule has 3 heterocycles. The van der Waals surface area contributed by atoms with Crippen molar-refractivity contribution in [3.63, 3.8) is 0 Å². The summed E-state index contributed by atoms with van der Waals surface area (Å²) in [5, 5.41) is 4.23. The average Bonchev–Trinajstić information content (AvgIpc) is 3.44. The van der Waals surface area contributed by atoms with Crippen LogP contribution in [0.3, 0.4) is 0 Å². The number of benzene rings is 1. The Labute approximate surface area is 206 Å². The number of ether oxygens (including phenoxy) is 2. The van der Waals surface area contributed by atoms with E-state index in [0.29, 0.717) is 11.7 Å². The summed E-state index contributed by atoms with van der Waals surface area (Å²) in [4.78, 5) is 33.4. The van der Waals surface area contributed by atoms with Gasteiger partial charge in [-0.2, -0.15) is 0 Å². The van der Waals surface area contributed by atoms with E-state index in [0.717, 1.165) is 66.8 Å². The van der Waals surface area contributed by atoms with Gasteiger partial charge in [-0.3, -0.25) is 14.2 Å². The first kappa shape index (κ1) is 23.4. The van der Waals surface area contributed by atoms with Gasteiger partial charge in [0.1, 0.15) is 10.6 Å². The van der Waals surface area contributed by atoms with Crippen molar-refractivity contribution in [1.29, 1.82) is 0 Å². The molecular weight excluding hydrogens is 470 g/mol. The maximum absolute atomic E-state index is 13.9. The van der Waals surface area contributed by atoms with Gasteiger partial charge in [-0.25, -0.2) is 4.98 Å². The second-order valence-corrected chi connectivity index (χ2v) is 10.7. The SMILES string of the molecule is COc1ccc(-n2c(SCC(=O)NC[C@@H]3CCCO3)nc3sc4c(c3c2=O)CCCCC4)cc1. The lowest BCUT2D eigenvalue weighted by atomic mass is 10.1. The highest BCUT2D eigenvalue weighted by atomic mass is 32.2. The lowest BCUT2D eigenvalue weighted by molar-refractivity contribution is -0.119. The molecule has 0 unspecified atom stereocenters. The molecule has 1 aliphatic heterocycles. The molecule has 1 saturated heterocycles. The Morgan fingerprint density at radius 3 is 2.82 bits per heavy atom. The number of amides is 1. The fraction of sp³-hybridized carbons (Fsp3) is 0.480. The van der Waals surface area contributed by atoms with Crippen LogP contribution in [0.2, 0.25) is 0 Å². The lowest BCUT2D eigenvalue weighted by Gasteiger charge is -2.14. The quantitative estimate of drug-likeness (QED) is 0.299. The Morgan fingerprint density at radius 1 is 1.24 bits per heavy atom. The Morgan fingerprint density at radius 2 is 2.06 bits per heavy atom. The normalized spacial score (nSPS) is 18.0. The molecule has 7 nitrogen and oxygen atoms in total. The molecule has 1 aromatic carbocycles. The molecule has 1 amide bonds. The van der Waals surface area contributed by atoms with Crippen LogP contribution in [-0.2, 0) is 22.4 Å². The highest BCUT2D eigenvalue weighted by Crippen LogP contribution is 2.34. The minimum atomic E-state index is -0.0851. The first-order valence-corrected chi connectivity index (χ1v) is 13.7. The first-order valence-electron chi connectivity index (χ1n) is 11.9. The van der Waals surface area contributed by atoms with E-state index < -0.39 is 0 Å². The van der Waals surface area contributed by atoms with Gasteiger partial charge in [-0.05, 0) is 68.4 Å². The van der Waals surface area contributed by atoms with Crippen LogP contribution >= 0.6 is 23.1 Å². The van der Waals surface area contributed by atoms with Crippen LogP contribution < -0.4 is 15.6 Å². The monoisotopic (exact) mass is 499 g/mol. The van der Waals surface area contributed by atoms with Crippen molar-refractivity contribution in [2.45, 2.75) is 56.2 Å². The predicted octanol–water partition coefficient (Wildman–Crippen LogP) is 4.11. The van der Waals surface area contributed by atoms with E-state index >= 15 is 0 Å². The third kappa shape index (κ3) is 4.87. The summed E-state index contributed by atoms with van der Waals surface area (Å²) in [5.41, 5.74) is 1.83. The molecule has 0 bridgehead atoms. The Balaban J connectivity index is 1.48. The summed E-state index contributed by atoms with van der Waals surface area (Å²) in [7, 11) is 1.62. The van der Waals surface area contributed by atoms with Gasteiger partial charge < -0.3 is 14.8 Å². The van der Waals surface area contributed by atoms with Crippen molar-refractivity contribution >= 4 is 39.2 Å². The molecule has 5 rings (SSSR count). The van der Waals surface area contributed by atoms with Crippen LogP contribution in [0.4, 0.5) is 0 Å². The minimum Gasteiger partial charge on any atom is -0.497 e. The molecule has 34 heavy (non-hydrogen) atoms. The zero-order valence-corrected chi connectivity index (χ0v) is 20.9. The van der Waals surface area contributed by atoms with Gasteiger partial charge in [0.15, 0.2) is 5.16 Å². The standard InChI is InChI=1S/C25H29N3O4S2/c1-31-17-11-9-16(10-12-17)28-24(30)22-19-7-3-2-4-8-20(19)34-23(22)27-25(28)33-15-21(29)26-14-18-6-5-13-32-18/h9-12,18H,2-8,13-15H2,1H3,(H,26,29)/t18-/m0/s1. The van der Waals surface area contributed by atoms with Gasteiger partial charge >= 0.3 is 0 Å². The molecule has 180 valence electrons. The molecule has 2 aliphatic rings. The predicted molar refractivity (Wildman–Crippen MR) is 136 cm³/mol. The highest BCUT2D eigenvalue weighted by Gasteiger charge is 2.23. The summed E-state index contributed by atoms with van der Waals surface area (Å²) < 4.78 is 12.5. The third-order valence-corrected chi connectivity index (χ3v) is 8.55. The summed E-state index contributed by atoms with van der Waals surface area (Å²) in [6.45, 7) is 1.28. The molecule has 1 aliphatic carbocycles. The average molecular weight is 500 g/mol. The molecule has 0 spiro atoms. The van der Waals surface area contributed by atoms with Gasteiger partial charge in [-0.1, -0.05) is 18.2 Å². The summed E-state index contributed by atoms with van der Waals surface area (Å²) >= 11 is 2.93. The van der Waals surface area contributed by atoms with E-state index in [1.54, 1.807) is 23.0 Å². The molecule has 0 radical (unpaired) electrons. The van der Waals surface area contributed by atoms with Crippen LogP contribution in [0.5, 0.6) is 5.75 Å². The van der Waals surface area contributed by atoms with Crippen LogP contribution in [0.1, 0.15) is 42.5 Å². The number of carbonyl (C=O) groups is 1. The fourth-order valence-electron chi connectivity index (χ4n) is 4.63. The number of nitrogens with one attached hydrogen (secondary N) is 1. The number of fused-ring (bicyclic) bond motifs is 3. The third-order valence-electron chi connectivity index (χ3n) is 6.42. The molecule has 1 atom stereocenters. The second kappa shape index (κ2) is 10.5. The number of methoxy groups -OCH3 is 1. The van der Waals surface area contributed by atoms with Crippen molar-refractivity contribution in [3.05, 3.63) is 45.1 Å². The number of carbonyl (C=O) groups excluding carboxylic acids is 1. The number of hydrogen-bond donors (Lipinski definition) is 1. The smallest absolute Gasteiger partial charge is 0.267 e. The Hall–Kier alpha value is -2.36. The maximum atomic E-state index is 13.9. The van der Waals surface area contributed by atoms with Crippen LogP contribution in [0, 0.1) is 0 Å². The van der Waals surface area contributed by atoms with Gasteiger partial charge in [0.05, 0.1) is 30.0 Å². The van der Waals surface area contributed by atoms with E-state index in [4.69, 9.17) is 14.5 Å². The highest BCUT2D eigenvalue weighted by molar-refractivity contribution is 7.99. The molecule has 1 N–H and O–H groups in total. The summed E-state index contributed by atoms with van der Waals surface area (Å²) in [6, 6.07) is 7.40. The number of aryl methyl sites for hydroxylation is 2. The zero-order valence-electron chi connectivity index (χ0n) is 19.3. The molecular formula is C25H29N3O4S2. The number of thiophene rings is 1.